The second-order valence-corrected chi connectivity index (χ2v) is 6.71. The van der Waals surface area contributed by atoms with Crippen molar-refractivity contribution in [3.63, 3.8) is 0 Å². The summed E-state index contributed by atoms with van der Waals surface area (Å²) in [5.74, 6) is -0.903. The fourth-order valence-corrected chi connectivity index (χ4v) is 3.04. The molecule has 2 N–H and O–H groups in total. The van der Waals surface area contributed by atoms with Crippen molar-refractivity contribution in [1.29, 1.82) is 0 Å². The smallest absolute Gasteiger partial charge is 0.332 e. The summed E-state index contributed by atoms with van der Waals surface area (Å²) in [5, 5.41) is 12.1. The number of aryl methyl sites for hydroxylation is 2. The summed E-state index contributed by atoms with van der Waals surface area (Å²) in [6, 6.07) is 4.85. The van der Waals surface area contributed by atoms with Gasteiger partial charge in [0.1, 0.15) is 6.54 Å². The molecule has 0 saturated carbocycles. The number of carbonyl (C=O) groups is 1. The monoisotopic (exact) mass is 411 g/mol. The van der Waals surface area contributed by atoms with E-state index in [4.69, 9.17) is 28.3 Å². The molecular weight excluding hydrogens is 397 g/mol. The van der Waals surface area contributed by atoms with E-state index in [0.29, 0.717) is 15.6 Å². The number of benzene rings is 1. The quantitative estimate of drug-likeness (QED) is 0.653. The van der Waals surface area contributed by atoms with Gasteiger partial charge < -0.3 is 15.0 Å². The molecule has 0 radical (unpaired) electrons. The summed E-state index contributed by atoms with van der Waals surface area (Å²) in [5.41, 5.74) is -0.135. The molecule has 27 heavy (non-hydrogen) atoms. The van der Waals surface area contributed by atoms with Gasteiger partial charge in [0, 0.05) is 14.1 Å². The summed E-state index contributed by atoms with van der Waals surface area (Å²) in [6.45, 7) is -0.371. The molecule has 0 amide bonds. The Labute approximate surface area is 162 Å². The van der Waals surface area contributed by atoms with Crippen molar-refractivity contribution in [2.45, 2.75) is 6.54 Å². The first-order chi connectivity index (χ1) is 12.7. The zero-order valence-corrected chi connectivity index (χ0v) is 15.9. The van der Waals surface area contributed by atoms with Crippen LogP contribution in [0.25, 0.3) is 11.2 Å². The fourth-order valence-electron chi connectivity index (χ4n) is 2.72. The maximum absolute atomic E-state index is 12.9. The fraction of sp³-hybridized carbons (Fsp3) is 0.250. The molecule has 142 valence electrons. The van der Waals surface area contributed by atoms with Gasteiger partial charge >= 0.3 is 11.7 Å². The SMILES string of the molecule is Cn1c(NCC(=O)O)nc2c1c(=O)n(Cc1ccc(Cl)c(Cl)c1)c(=O)n2C. The van der Waals surface area contributed by atoms with Gasteiger partial charge in [-0.2, -0.15) is 4.98 Å². The predicted molar refractivity (Wildman–Crippen MR) is 102 cm³/mol. The Morgan fingerprint density at radius 3 is 2.52 bits per heavy atom. The minimum atomic E-state index is -1.08. The molecule has 0 bridgehead atoms. The second-order valence-electron chi connectivity index (χ2n) is 5.90. The number of halogens is 2. The van der Waals surface area contributed by atoms with Crippen molar-refractivity contribution in [3.8, 4) is 0 Å². The van der Waals surface area contributed by atoms with Crippen molar-refractivity contribution < 1.29 is 9.90 Å². The molecule has 9 nitrogen and oxygen atoms in total. The molecule has 2 heterocycles. The van der Waals surface area contributed by atoms with Gasteiger partial charge in [-0.05, 0) is 17.7 Å². The minimum Gasteiger partial charge on any atom is -0.480 e. The van der Waals surface area contributed by atoms with E-state index in [9.17, 15) is 14.4 Å². The van der Waals surface area contributed by atoms with Crippen molar-refractivity contribution in [2.75, 3.05) is 11.9 Å². The Hall–Kier alpha value is -2.78. The van der Waals surface area contributed by atoms with Gasteiger partial charge in [0.25, 0.3) is 5.56 Å². The van der Waals surface area contributed by atoms with E-state index >= 15 is 0 Å². The third kappa shape index (κ3) is 3.43. The number of rotatable bonds is 5. The highest BCUT2D eigenvalue weighted by atomic mass is 35.5. The number of nitrogens with zero attached hydrogens (tertiary/aromatic N) is 4. The first kappa shape index (κ1) is 19.0. The van der Waals surface area contributed by atoms with Crippen LogP contribution in [0, 0.1) is 0 Å². The number of hydrogen-bond donors (Lipinski definition) is 2. The van der Waals surface area contributed by atoms with Crippen molar-refractivity contribution in [1.82, 2.24) is 18.7 Å². The van der Waals surface area contributed by atoms with Gasteiger partial charge in [0.15, 0.2) is 11.2 Å². The predicted octanol–water partition coefficient (Wildman–Crippen LogP) is 1.29. The van der Waals surface area contributed by atoms with Crippen LogP contribution in [0.15, 0.2) is 27.8 Å². The average Bonchev–Trinajstić information content (AvgIpc) is 2.95. The lowest BCUT2D eigenvalue weighted by Gasteiger charge is -2.09. The number of anilines is 1. The van der Waals surface area contributed by atoms with Crippen LogP contribution in [0.2, 0.25) is 10.0 Å². The van der Waals surface area contributed by atoms with E-state index in [1.807, 2.05) is 0 Å². The first-order valence-corrected chi connectivity index (χ1v) is 8.52. The van der Waals surface area contributed by atoms with E-state index < -0.39 is 17.2 Å². The highest BCUT2D eigenvalue weighted by Crippen LogP contribution is 2.22. The molecule has 2 aromatic heterocycles. The summed E-state index contributed by atoms with van der Waals surface area (Å²) in [6.07, 6.45) is 0. The molecule has 0 aliphatic rings. The van der Waals surface area contributed by atoms with Crippen LogP contribution in [0.4, 0.5) is 5.95 Å². The van der Waals surface area contributed by atoms with Gasteiger partial charge in [0.05, 0.1) is 16.6 Å². The van der Waals surface area contributed by atoms with Gasteiger partial charge in [-0.1, -0.05) is 29.3 Å². The standard InChI is InChI=1S/C16H15Cl2N5O4/c1-21-12-13(20-15(21)19-6-11(24)25)22(2)16(27)23(14(12)26)7-8-3-4-9(17)10(18)5-8/h3-5H,6-7H2,1-2H3,(H,19,20)(H,24,25). The number of fused-ring (bicyclic) bond motifs is 1. The molecule has 0 aliphatic heterocycles. The third-order valence-corrected chi connectivity index (χ3v) is 4.82. The Bertz CT molecular complexity index is 1180. The number of imidazole rings is 1. The average molecular weight is 412 g/mol. The van der Waals surface area contributed by atoms with Crippen LogP contribution in [0.3, 0.4) is 0 Å². The van der Waals surface area contributed by atoms with Crippen molar-refractivity contribution in [2.24, 2.45) is 14.1 Å². The molecule has 0 unspecified atom stereocenters. The lowest BCUT2D eigenvalue weighted by atomic mass is 10.2. The van der Waals surface area contributed by atoms with E-state index in [2.05, 4.69) is 10.3 Å². The van der Waals surface area contributed by atoms with Crippen LogP contribution in [0.1, 0.15) is 5.56 Å². The van der Waals surface area contributed by atoms with Crippen LogP contribution < -0.4 is 16.6 Å². The molecule has 11 heteroatoms. The Kier molecular flexibility index (Phi) is 4.99. The normalized spacial score (nSPS) is 11.1. The Morgan fingerprint density at radius 2 is 1.89 bits per heavy atom. The maximum atomic E-state index is 12.9. The first-order valence-electron chi connectivity index (χ1n) is 7.76. The summed E-state index contributed by atoms with van der Waals surface area (Å²) >= 11 is 11.9. The number of aromatic nitrogens is 4. The second kappa shape index (κ2) is 7.09. The Morgan fingerprint density at radius 1 is 1.19 bits per heavy atom. The molecule has 0 atom stereocenters. The number of carboxylic acids is 1. The molecule has 3 aromatic rings. The number of carboxylic acid groups (broad SMARTS) is 1. The molecule has 0 saturated heterocycles. The summed E-state index contributed by atoms with van der Waals surface area (Å²) < 4.78 is 3.72. The van der Waals surface area contributed by atoms with Crippen LogP contribution in [-0.4, -0.2) is 36.3 Å². The lowest BCUT2D eigenvalue weighted by molar-refractivity contribution is -0.134. The topological polar surface area (TPSA) is 111 Å². The van der Waals surface area contributed by atoms with Gasteiger partial charge in [-0.25, -0.2) is 4.79 Å². The van der Waals surface area contributed by atoms with Gasteiger partial charge in [-0.3, -0.25) is 18.7 Å². The number of nitrogens with one attached hydrogen (secondary N) is 1. The summed E-state index contributed by atoms with van der Waals surface area (Å²) in [7, 11) is 3.05. The van der Waals surface area contributed by atoms with Crippen LogP contribution in [-0.2, 0) is 25.4 Å². The van der Waals surface area contributed by atoms with Crippen molar-refractivity contribution in [3.05, 3.63) is 54.6 Å². The summed E-state index contributed by atoms with van der Waals surface area (Å²) in [4.78, 5) is 40.5. The van der Waals surface area contributed by atoms with Crippen LogP contribution in [0.5, 0.6) is 0 Å². The molecule has 0 fully saturated rings. The highest BCUT2D eigenvalue weighted by molar-refractivity contribution is 6.42. The van der Waals surface area contributed by atoms with Gasteiger partial charge in [-0.15, -0.1) is 0 Å². The van der Waals surface area contributed by atoms with Crippen LogP contribution >= 0.6 is 23.2 Å². The molecule has 3 rings (SSSR count). The van der Waals surface area contributed by atoms with E-state index in [-0.39, 0.29) is 30.2 Å². The molecule has 0 spiro atoms. The zero-order chi connectivity index (χ0) is 19.9. The van der Waals surface area contributed by atoms with Crippen molar-refractivity contribution >= 4 is 46.3 Å². The third-order valence-electron chi connectivity index (χ3n) is 4.08. The van der Waals surface area contributed by atoms with E-state index in [1.165, 1.54) is 16.2 Å². The molecule has 1 aromatic carbocycles. The number of hydrogen-bond acceptors (Lipinski definition) is 5. The minimum absolute atomic E-state index is 0.00139. The largest absolute Gasteiger partial charge is 0.480 e. The Balaban J connectivity index is 2.15. The van der Waals surface area contributed by atoms with E-state index in [1.54, 1.807) is 25.2 Å². The lowest BCUT2D eigenvalue weighted by Crippen LogP contribution is -2.39. The molecule has 0 aliphatic carbocycles. The van der Waals surface area contributed by atoms with E-state index in [0.717, 1.165) is 4.57 Å². The zero-order valence-electron chi connectivity index (χ0n) is 14.4. The highest BCUT2D eigenvalue weighted by Gasteiger charge is 2.19. The number of aliphatic carboxylic acids is 1. The molecular formula is C16H15Cl2N5O4. The van der Waals surface area contributed by atoms with Gasteiger partial charge in [0.2, 0.25) is 5.95 Å². The maximum Gasteiger partial charge on any atom is 0.332 e.